The molecule has 1 unspecified atom stereocenters. The predicted molar refractivity (Wildman–Crippen MR) is 71.0 cm³/mol. The van der Waals surface area contributed by atoms with Gasteiger partial charge < -0.3 is 14.3 Å². The Morgan fingerprint density at radius 2 is 2.00 bits per heavy atom. The lowest BCUT2D eigenvalue weighted by molar-refractivity contribution is 0.0594. The van der Waals surface area contributed by atoms with Crippen molar-refractivity contribution < 1.29 is 27.5 Å². The molecule has 20 heavy (non-hydrogen) atoms. The molecule has 1 rings (SSSR count). The van der Waals surface area contributed by atoms with Gasteiger partial charge in [0.25, 0.3) is 0 Å². The van der Waals surface area contributed by atoms with E-state index in [1.807, 2.05) is 0 Å². The number of hydrogen-bond acceptors (Lipinski definition) is 6. The number of rotatable bonds is 6. The summed E-state index contributed by atoms with van der Waals surface area (Å²) in [4.78, 5) is 11.5. The Labute approximate surface area is 118 Å². The first-order chi connectivity index (χ1) is 9.20. The SMILES string of the molecule is COC(=O)c1c(C)oc(C)c1S(=O)(=O)NCCC(C)O. The van der Waals surface area contributed by atoms with Crippen molar-refractivity contribution in [1.29, 1.82) is 0 Å². The molecular weight excluding hydrogens is 286 g/mol. The minimum atomic E-state index is -3.91. The Hall–Kier alpha value is -1.38. The van der Waals surface area contributed by atoms with Gasteiger partial charge in [-0.05, 0) is 27.2 Å². The van der Waals surface area contributed by atoms with Crippen molar-refractivity contribution in [3.8, 4) is 0 Å². The Bertz CT molecular complexity index is 587. The van der Waals surface area contributed by atoms with Gasteiger partial charge in [0.1, 0.15) is 22.0 Å². The molecule has 1 heterocycles. The number of hydrogen-bond donors (Lipinski definition) is 2. The maximum Gasteiger partial charge on any atom is 0.342 e. The van der Waals surface area contributed by atoms with Gasteiger partial charge in [0.15, 0.2) is 0 Å². The fourth-order valence-corrected chi connectivity index (χ4v) is 3.25. The van der Waals surface area contributed by atoms with E-state index in [-0.39, 0.29) is 34.9 Å². The molecule has 0 aromatic carbocycles. The Kier molecular flexibility index (Phi) is 5.32. The molecule has 7 nitrogen and oxygen atoms in total. The topological polar surface area (TPSA) is 106 Å². The number of carbonyl (C=O) groups excluding carboxylic acids is 1. The number of aliphatic hydroxyl groups is 1. The number of nitrogens with one attached hydrogen (secondary N) is 1. The Morgan fingerprint density at radius 3 is 2.50 bits per heavy atom. The van der Waals surface area contributed by atoms with Crippen molar-refractivity contribution in [2.75, 3.05) is 13.7 Å². The monoisotopic (exact) mass is 305 g/mol. The quantitative estimate of drug-likeness (QED) is 0.751. The van der Waals surface area contributed by atoms with Crippen LogP contribution in [0.3, 0.4) is 0 Å². The van der Waals surface area contributed by atoms with E-state index in [0.29, 0.717) is 0 Å². The van der Waals surface area contributed by atoms with E-state index in [2.05, 4.69) is 9.46 Å². The van der Waals surface area contributed by atoms with E-state index in [9.17, 15) is 13.2 Å². The molecule has 0 spiro atoms. The largest absolute Gasteiger partial charge is 0.465 e. The second kappa shape index (κ2) is 6.38. The molecule has 8 heteroatoms. The van der Waals surface area contributed by atoms with Crippen LogP contribution in [0.1, 0.15) is 35.2 Å². The molecule has 0 aliphatic carbocycles. The first kappa shape index (κ1) is 16.7. The molecular formula is C12H19NO6S. The fourth-order valence-electron chi connectivity index (χ4n) is 1.80. The van der Waals surface area contributed by atoms with E-state index in [1.54, 1.807) is 6.92 Å². The van der Waals surface area contributed by atoms with E-state index >= 15 is 0 Å². The van der Waals surface area contributed by atoms with Crippen molar-refractivity contribution in [2.45, 2.75) is 38.2 Å². The van der Waals surface area contributed by atoms with Crippen LogP contribution in [0.5, 0.6) is 0 Å². The highest BCUT2D eigenvalue weighted by atomic mass is 32.2. The molecule has 2 N–H and O–H groups in total. The third-order valence-electron chi connectivity index (χ3n) is 2.72. The molecule has 1 aromatic heterocycles. The highest BCUT2D eigenvalue weighted by Crippen LogP contribution is 2.27. The van der Waals surface area contributed by atoms with Crippen LogP contribution in [-0.4, -0.2) is 39.3 Å². The lowest BCUT2D eigenvalue weighted by Gasteiger charge is -2.08. The zero-order valence-electron chi connectivity index (χ0n) is 11.9. The molecule has 0 aliphatic heterocycles. The van der Waals surface area contributed by atoms with Crippen LogP contribution in [0, 0.1) is 13.8 Å². The molecule has 0 saturated carbocycles. The van der Waals surface area contributed by atoms with Gasteiger partial charge >= 0.3 is 5.97 Å². The number of ether oxygens (including phenoxy) is 1. The summed E-state index contributed by atoms with van der Waals surface area (Å²) >= 11 is 0. The van der Waals surface area contributed by atoms with Crippen molar-refractivity contribution >= 4 is 16.0 Å². The summed E-state index contributed by atoms with van der Waals surface area (Å²) in [5, 5.41) is 9.13. The molecule has 0 fully saturated rings. The van der Waals surface area contributed by atoms with E-state index in [4.69, 9.17) is 9.52 Å². The summed E-state index contributed by atoms with van der Waals surface area (Å²) < 4.78 is 36.6. The van der Waals surface area contributed by atoms with Gasteiger partial charge in [-0.2, -0.15) is 0 Å². The maximum absolute atomic E-state index is 12.2. The van der Waals surface area contributed by atoms with Crippen LogP contribution in [0.2, 0.25) is 0 Å². The number of furan rings is 1. The van der Waals surface area contributed by atoms with Crippen LogP contribution in [-0.2, 0) is 14.8 Å². The lowest BCUT2D eigenvalue weighted by atomic mass is 10.2. The van der Waals surface area contributed by atoms with Crippen molar-refractivity contribution in [1.82, 2.24) is 4.72 Å². The molecule has 1 atom stereocenters. The number of carbonyl (C=O) groups is 1. The van der Waals surface area contributed by atoms with E-state index < -0.39 is 22.1 Å². The van der Waals surface area contributed by atoms with Crippen molar-refractivity contribution in [3.63, 3.8) is 0 Å². The molecule has 0 bridgehead atoms. The smallest absolute Gasteiger partial charge is 0.342 e. The number of aliphatic hydroxyl groups excluding tert-OH is 1. The maximum atomic E-state index is 12.2. The third kappa shape index (κ3) is 3.59. The summed E-state index contributed by atoms with van der Waals surface area (Å²) in [7, 11) is -2.74. The summed E-state index contributed by atoms with van der Waals surface area (Å²) in [6.45, 7) is 4.57. The normalized spacial score (nSPS) is 13.2. The van der Waals surface area contributed by atoms with E-state index in [0.717, 1.165) is 0 Å². The van der Waals surface area contributed by atoms with Gasteiger partial charge in [-0.1, -0.05) is 0 Å². The van der Waals surface area contributed by atoms with Crippen molar-refractivity contribution in [3.05, 3.63) is 17.1 Å². The zero-order chi connectivity index (χ0) is 15.5. The third-order valence-corrected chi connectivity index (χ3v) is 4.33. The Morgan fingerprint density at radius 1 is 1.40 bits per heavy atom. The minimum absolute atomic E-state index is 0.0598. The fraction of sp³-hybridized carbons (Fsp3) is 0.583. The van der Waals surface area contributed by atoms with Crippen LogP contribution < -0.4 is 4.72 Å². The molecule has 114 valence electrons. The van der Waals surface area contributed by atoms with Crippen LogP contribution in [0.25, 0.3) is 0 Å². The first-order valence-corrected chi connectivity index (χ1v) is 7.55. The molecule has 0 radical (unpaired) electrons. The number of methoxy groups -OCH3 is 1. The van der Waals surface area contributed by atoms with Gasteiger partial charge in [-0.3, -0.25) is 0 Å². The number of aryl methyl sites for hydroxylation is 2. The number of sulfonamides is 1. The molecule has 0 aliphatic rings. The van der Waals surface area contributed by atoms with Crippen LogP contribution >= 0.6 is 0 Å². The molecule has 0 saturated heterocycles. The highest BCUT2D eigenvalue weighted by Gasteiger charge is 2.31. The van der Waals surface area contributed by atoms with Crippen LogP contribution in [0.4, 0.5) is 0 Å². The van der Waals surface area contributed by atoms with Gasteiger partial charge in [-0.25, -0.2) is 17.9 Å². The highest BCUT2D eigenvalue weighted by molar-refractivity contribution is 7.89. The molecule has 1 aromatic rings. The summed E-state index contributed by atoms with van der Waals surface area (Å²) in [6.07, 6.45) is -0.354. The zero-order valence-corrected chi connectivity index (χ0v) is 12.7. The summed E-state index contributed by atoms with van der Waals surface area (Å²) in [5.41, 5.74) is -0.102. The average Bonchev–Trinajstić information content (AvgIpc) is 2.63. The first-order valence-electron chi connectivity index (χ1n) is 6.06. The van der Waals surface area contributed by atoms with Gasteiger partial charge in [0.05, 0.1) is 13.2 Å². The minimum Gasteiger partial charge on any atom is -0.465 e. The van der Waals surface area contributed by atoms with Crippen LogP contribution in [0.15, 0.2) is 9.31 Å². The second-order valence-corrected chi connectivity index (χ2v) is 6.15. The number of esters is 1. The van der Waals surface area contributed by atoms with Gasteiger partial charge in [0, 0.05) is 6.54 Å². The second-order valence-electron chi connectivity index (χ2n) is 4.45. The Balaban J connectivity index is 3.15. The lowest BCUT2D eigenvalue weighted by Crippen LogP contribution is -2.28. The predicted octanol–water partition coefficient (Wildman–Crippen LogP) is 0.732. The van der Waals surface area contributed by atoms with Crippen molar-refractivity contribution in [2.24, 2.45) is 0 Å². The average molecular weight is 305 g/mol. The molecule has 0 amide bonds. The van der Waals surface area contributed by atoms with E-state index in [1.165, 1.54) is 21.0 Å². The summed E-state index contributed by atoms with van der Waals surface area (Å²) in [6, 6.07) is 0. The van der Waals surface area contributed by atoms with Gasteiger partial charge in [-0.15, -0.1) is 0 Å². The summed E-state index contributed by atoms with van der Waals surface area (Å²) in [5.74, 6) is -0.465. The van der Waals surface area contributed by atoms with Gasteiger partial charge in [0.2, 0.25) is 10.0 Å². The standard InChI is InChI=1S/C12H19NO6S/c1-7(14)5-6-13-20(16,17)11-9(3)19-8(2)10(11)12(15)18-4/h7,13-14H,5-6H2,1-4H3.